The van der Waals surface area contributed by atoms with Gasteiger partial charge in [0.1, 0.15) is 11.4 Å². The van der Waals surface area contributed by atoms with Crippen molar-refractivity contribution in [1.29, 1.82) is 0 Å². The number of hydrogen-bond acceptors (Lipinski definition) is 9. The summed E-state index contributed by atoms with van der Waals surface area (Å²) in [5, 5.41) is 15.1. The minimum Gasteiger partial charge on any atom is -0.479 e. The van der Waals surface area contributed by atoms with E-state index in [1.54, 1.807) is 39.0 Å². The lowest BCUT2D eigenvalue weighted by atomic mass is 9.96. The molecule has 258 valence electrons. The maximum atomic E-state index is 14.4. The highest BCUT2D eigenvalue weighted by Crippen LogP contribution is 2.26. The SMILES string of the molecule is CCc1cc(C(Nc2cc(C(N)=O)ccc2F)C(=O)O)ccc1CCOC(=O)Nc1ccc([SH](=O)=O)c(CN(C)C(=O)OC(C)(C)C)c1. The molecule has 0 saturated carbocycles. The lowest BCUT2D eigenvalue weighted by molar-refractivity contribution is -0.138. The Morgan fingerprint density at radius 2 is 1.71 bits per heavy atom. The van der Waals surface area contributed by atoms with Gasteiger partial charge in [-0.15, -0.1) is 0 Å². The molecule has 3 aromatic carbocycles. The number of thiol groups is 1. The standard InChI is InChI=1S/C33H39FN4O9S/c1-6-19-15-21(28(30(40)41)37-26-17-22(29(35)39)9-11-25(26)34)8-7-20(19)13-14-46-31(42)36-24-10-12-27(48(44)45)23(16-24)18-38(5)32(43)47-33(2,3)4/h7-12,15-17,28,37,48H,6,13-14,18H2,1-5H3,(H2,35,39)(H,36,42)(H,40,41). The van der Waals surface area contributed by atoms with Crippen LogP contribution >= 0.6 is 0 Å². The maximum Gasteiger partial charge on any atom is 0.411 e. The van der Waals surface area contributed by atoms with E-state index in [4.69, 9.17) is 15.2 Å². The zero-order chi connectivity index (χ0) is 35.8. The average Bonchev–Trinajstić information content (AvgIpc) is 2.99. The predicted octanol–water partition coefficient (Wildman–Crippen LogP) is 4.85. The van der Waals surface area contributed by atoms with Crippen molar-refractivity contribution >= 4 is 46.1 Å². The van der Waals surface area contributed by atoms with Crippen molar-refractivity contribution in [1.82, 2.24) is 4.90 Å². The van der Waals surface area contributed by atoms with Gasteiger partial charge in [-0.3, -0.25) is 10.1 Å². The second-order valence-electron chi connectivity index (χ2n) is 11.8. The summed E-state index contributed by atoms with van der Waals surface area (Å²) in [7, 11) is -1.53. The van der Waals surface area contributed by atoms with Gasteiger partial charge in [0.2, 0.25) is 5.91 Å². The fraction of sp³-hybridized carbons (Fsp3) is 0.333. The summed E-state index contributed by atoms with van der Waals surface area (Å²) in [6, 6.07) is 11.1. The van der Waals surface area contributed by atoms with Crippen LogP contribution in [-0.4, -0.2) is 61.7 Å². The molecule has 0 bridgehead atoms. The van der Waals surface area contributed by atoms with Crippen LogP contribution in [-0.2, 0) is 44.4 Å². The third kappa shape index (κ3) is 10.4. The first kappa shape index (κ1) is 37.3. The summed E-state index contributed by atoms with van der Waals surface area (Å²) >= 11 is 0. The average molecular weight is 687 g/mol. The highest BCUT2D eigenvalue weighted by atomic mass is 32.2. The number of rotatable bonds is 13. The molecule has 0 saturated heterocycles. The highest BCUT2D eigenvalue weighted by molar-refractivity contribution is 7.72. The molecule has 0 heterocycles. The van der Waals surface area contributed by atoms with E-state index in [0.717, 1.165) is 23.3 Å². The Labute approximate surface area is 279 Å². The minimum atomic E-state index is -2.99. The number of carbonyl (C=O) groups excluding carboxylic acids is 3. The zero-order valence-electron chi connectivity index (χ0n) is 27.2. The largest absolute Gasteiger partial charge is 0.479 e. The van der Waals surface area contributed by atoms with Gasteiger partial charge in [-0.05, 0) is 85.8 Å². The van der Waals surface area contributed by atoms with Crippen LogP contribution in [0.3, 0.4) is 0 Å². The minimum absolute atomic E-state index is 0.0132. The Hall–Kier alpha value is -5.18. The van der Waals surface area contributed by atoms with Crippen molar-refractivity contribution in [2.45, 2.75) is 63.6 Å². The molecule has 3 amide bonds. The molecule has 3 aromatic rings. The Bertz CT molecular complexity index is 1760. The van der Waals surface area contributed by atoms with Gasteiger partial charge < -0.3 is 30.5 Å². The molecule has 0 spiro atoms. The Balaban J connectivity index is 1.67. The molecule has 48 heavy (non-hydrogen) atoms. The molecule has 1 unspecified atom stereocenters. The number of benzene rings is 3. The Morgan fingerprint density at radius 3 is 2.31 bits per heavy atom. The van der Waals surface area contributed by atoms with Crippen molar-refractivity contribution in [3.63, 3.8) is 0 Å². The smallest absolute Gasteiger partial charge is 0.411 e. The molecule has 0 aliphatic rings. The van der Waals surface area contributed by atoms with E-state index in [9.17, 15) is 37.1 Å². The Kier molecular flexibility index (Phi) is 12.5. The Morgan fingerprint density at radius 1 is 1.00 bits per heavy atom. The summed E-state index contributed by atoms with van der Waals surface area (Å²) in [5.41, 5.74) is 6.76. The predicted molar refractivity (Wildman–Crippen MR) is 176 cm³/mol. The lowest BCUT2D eigenvalue weighted by Crippen LogP contribution is -2.34. The van der Waals surface area contributed by atoms with Gasteiger partial charge in [0, 0.05) is 24.7 Å². The molecule has 1 atom stereocenters. The summed E-state index contributed by atoms with van der Waals surface area (Å²) < 4.78 is 48.7. The van der Waals surface area contributed by atoms with E-state index in [1.165, 1.54) is 36.2 Å². The molecule has 15 heteroatoms. The third-order valence-electron chi connectivity index (χ3n) is 6.98. The van der Waals surface area contributed by atoms with E-state index in [1.807, 2.05) is 6.92 Å². The number of nitrogens with two attached hydrogens (primary N) is 1. The van der Waals surface area contributed by atoms with Crippen LogP contribution in [0.4, 0.5) is 25.4 Å². The van der Waals surface area contributed by atoms with Crippen LogP contribution in [0, 0.1) is 5.82 Å². The topological polar surface area (TPSA) is 194 Å². The van der Waals surface area contributed by atoms with Crippen LogP contribution in [0.1, 0.15) is 66.3 Å². The monoisotopic (exact) mass is 686 g/mol. The van der Waals surface area contributed by atoms with Gasteiger partial charge in [0.05, 0.1) is 23.7 Å². The van der Waals surface area contributed by atoms with Crippen LogP contribution in [0.25, 0.3) is 0 Å². The molecule has 0 aromatic heterocycles. The van der Waals surface area contributed by atoms with Gasteiger partial charge in [-0.25, -0.2) is 27.2 Å². The van der Waals surface area contributed by atoms with E-state index in [0.29, 0.717) is 18.4 Å². The number of carboxylic acid groups (broad SMARTS) is 1. The molecule has 13 nitrogen and oxygen atoms in total. The summed E-state index contributed by atoms with van der Waals surface area (Å²) in [6.07, 6.45) is -0.642. The van der Waals surface area contributed by atoms with E-state index in [2.05, 4.69) is 10.6 Å². The molecular weight excluding hydrogens is 647 g/mol. The van der Waals surface area contributed by atoms with Crippen molar-refractivity contribution in [2.75, 3.05) is 24.3 Å². The number of aliphatic carboxylic acids is 1. The summed E-state index contributed by atoms with van der Waals surface area (Å²) in [6.45, 7) is 6.86. The fourth-order valence-corrected chi connectivity index (χ4v) is 5.23. The third-order valence-corrected chi connectivity index (χ3v) is 7.81. The molecule has 5 N–H and O–H groups in total. The second kappa shape index (κ2) is 16.1. The van der Waals surface area contributed by atoms with E-state index < -0.39 is 52.2 Å². The number of anilines is 2. The van der Waals surface area contributed by atoms with Crippen molar-refractivity contribution < 1.29 is 46.6 Å². The highest BCUT2D eigenvalue weighted by Gasteiger charge is 2.23. The van der Waals surface area contributed by atoms with E-state index >= 15 is 0 Å². The quantitative estimate of drug-likeness (QED) is 0.155. The number of amides is 3. The van der Waals surface area contributed by atoms with Gasteiger partial charge in [-0.1, -0.05) is 25.1 Å². The molecule has 0 aliphatic carbocycles. The number of nitrogens with zero attached hydrogens (tertiary/aromatic N) is 1. The zero-order valence-corrected chi connectivity index (χ0v) is 28.1. The fourth-order valence-electron chi connectivity index (χ4n) is 4.67. The van der Waals surface area contributed by atoms with E-state index in [-0.39, 0.29) is 40.5 Å². The van der Waals surface area contributed by atoms with Gasteiger partial charge >= 0.3 is 18.2 Å². The van der Waals surface area contributed by atoms with Crippen LogP contribution < -0.4 is 16.4 Å². The number of nitrogens with one attached hydrogen (secondary N) is 2. The molecule has 3 rings (SSSR count). The summed E-state index contributed by atoms with van der Waals surface area (Å²) in [4.78, 5) is 49.8. The van der Waals surface area contributed by atoms with Crippen LogP contribution in [0.15, 0.2) is 59.5 Å². The number of carbonyl (C=O) groups is 4. The summed E-state index contributed by atoms with van der Waals surface area (Å²) in [5.74, 6) is -2.82. The first-order chi connectivity index (χ1) is 22.5. The van der Waals surface area contributed by atoms with Gasteiger partial charge in [0.15, 0.2) is 16.7 Å². The second-order valence-corrected chi connectivity index (χ2v) is 12.8. The molecular formula is C33H39FN4O9S. The molecule has 0 aliphatic heterocycles. The normalized spacial score (nSPS) is 11.8. The van der Waals surface area contributed by atoms with Crippen LogP contribution in [0.2, 0.25) is 0 Å². The number of hydrogen-bond donors (Lipinski definition) is 5. The number of ether oxygens (including phenoxy) is 2. The number of primary amides is 1. The number of carboxylic acids is 1. The molecule has 0 radical (unpaired) electrons. The first-order valence-corrected chi connectivity index (χ1v) is 16.0. The van der Waals surface area contributed by atoms with Gasteiger partial charge in [0.25, 0.3) is 0 Å². The lowest BCUT2D eigenvalue weighted by Gasteiger charge is -2.25. The first-order valence-electron chi connectivity index (χ1n) is 14.8. The van der Waals surface area contributed by atoms with Gasteiger partial charge in [-0.2, -0.15) is 0 Å². The van der Waals surface area contributed by atoms with Crippen LogP contribution in [0.5, 0.6) is 0 Å². The molecule has 0 fully saturated rings. The maximum absolute atomic E-state index is 14.4. The van der Waals surface area contributed by atoms with Crippen molar-refractivity contribution in [2.24, 2.45) is 5.73 Å². The number of aryl methyl sites for hydroxylation is 1. The van der Waals surface area contributed by atoms with Crippen molar-refractivity contribution in [3.05, 3.63) is 88.2 Å². The number of halogens is 1. The van der Waals surface area contributed by atoms with Crippen molar-refractivity contribution in [3.8, 4) is 0 Å².